The van der Waals surface area contributed by atoms with Gasteiger partial charge in [-0.25, -0.2) is 4.79 Å². The number of hydrogen-bond donors (Lipinski definition) is 2. The maximum Gasteiger partial charge on any atom is 0.315 e. The van der Waals surface area contributed by atoms with Crippen LogP contribution in [0.2, 0.25) is 0 Å². The van der Waals surface area contributed by atoms with Crippen LogP contribution in [0.3, 0.4) is 0 Å². The molecule has 2 heterocycles. The fourth-order valence-corrected chi connectivity index (χ4v) is 3.96. The highest BCUT2D eigenvalue weighted by molar-refractivity contribution is 5.79. The Bertz CT molecular complexity index is 935. The Morgan fingerprint density at radius 2 is 1.77 bits per heavy atom. The van der Waals surface area contributed by atoms with Gasteiger partial charge >= 0.3 is 6.03 Å². The van der Waals surface area contributed by atoms with E-state index in [2.05, 4.69) is 68.8 Å². The fourth-order valence-electron chi connectivity index (χ4n) is 3.96. The van der Waals surface area contributed by atoms with E-state index in [1.165, 1.54) is 10.9 Å². The van der Waals surface area contributed by atoms with Crippen molar-refractivity contribution in [3.8, 4) is 0 Å². The molecule has 4 rings (SSSR count). The fraction of sp³-hybridized carbons (Fsp3) is 0.375. The monoisotopic (exact) mass is 406 g/mol. The largest absolute Gasteiger partial charge is 0.379 e. The standard InChI is InChI=1S/C24H30N4O2/c29-24(25-12-6-13-28-14-11-21-9-4-5-10-23(21)28)26-22(20-7-2-1-3-8-20)19-27-15-17-30-18-16-27/h1-5,7-11,14,22H,6,12-13,15-19H2,(H2,25,26,29). The summed E-state index contributed by atoms with van der Waals surface area (Å²) in [5, 5.41) is 7.44. The summed E-state index contributed by atoms with van der Waals surface area (Å²) in [6.45, 7) is 5.61. The first kappa shape index (κ1) is 20.4. The van der Waals surface area contributed by atoms with Crippen molar-refractivity contribution in [2.24, 2.45) is 0 Å². The number of carbonyl (C=O) groups excluding carboxylic acids is 1. The zero-order valence-electron chi connectivity index (χ0n) is 17.3. The quantitative estimate of drug-likeness (QED) is 0.564. The van der Waals surface area contributed by atoms with Gasteiger partial charge in [0, 0.05) is 44.4 Å². The summed E-state index contributed by atoms with van der Waals surface area (Å²) in [7, 11) is 0. The number of nitrogens with one attached hydrogen (secondary N) is 2. The van der Waals surface area contributed by atoms with Gasteiger partial charge in [-0.05, 0) is 29.5 Å². The molecule has 1 aromatic heterocycles. The molecule has 6 nitrogen and oxygen atoms in total. The average molecular weight is 407 g/mol. The molecule has 2 amide bonds. The molecule has 0 aliphatic carbocycles. The summed E-state index contributed by atoms with van der Waals surface area (Å²) in [5.74, 6) is 0. The van der Waals surface area contributed by atoms with Gasteiger partial charge in [-0.3, -0.25) is 4.90 Å². The number of urea groups is 1. The van der Waals surface area contributed by atoms with Gasteiger partial charge in [0.1, 0.15) is 0 Å². The van der Waals surface area contributed by atoms with Crippen LogP contribution in [0, 0.1) is 0 Å². The lowest BCUT2D eigenvalue weighted by Crippen LogP contribution is -2.45. The van der Waals surface area contributed by atoms with Gasteiger partial charge in [0.2, 0.25) is 0 Å². The van der Waals surface area contributed by atoms with Crippen LogP contribution in [-0.4, -0.2) is 54.9 Å². The van der Waals surface area contributed by atoms with Crippen LogP contribution in [-0.2, 0) is 11.3 Å². The smallest absolute Gasteiger partial charge is 0.315 e. The molecule has 1 fully saturated rings. The molecular formula is C24H30N4O2. The minimum Gasteiger partial charge on any atom is -0.379 e. The van der Waals surface area contributed by atoms with Gasteiger partial charge in [0.15, 0.2) is 0 Å². The molecule has 2 aromatic carbocycles. The summed E-state index contributed by atoms with van der Waals surface area (Å²) < 4.78 is 7.68. The maximum atomic E-state index is 12.6. The molecule has 3 aromatic rings. The normalized spacial score (nSPS) is 15.7. The molecule has 0 radical (unpaired) electrons. The molecule has 0 bridgehead atoms. The van der Waals surface area contributed by atoms with Crippen LogP contribution in [0.25, 0.3) is 10.9 Å². The average Bonchev–Trinajstić information content (AvgIpc) is 3.21. The van der Waals surface area contributed by atoms with E-state index in [1.54, 1.807) is 0 Å². The molecule has 1 unspecified atom stereocenters. The van der Waals surface area contributed by atoms with Crippen LogP contribution in [0.4, 0.5) is 4.79 Å². The number of nitrogens with zero attached hydrogens (tertiary/aromatic N) is 2. The third-order valence-corrected chi connectivity index (χ3v) is 5.59. The van der Waals surface area contributed by atoms with Gasteiger partial charge in [-0.1, -0.05) is 48.5 Å². The van der Waals surface area contributed by atoms with Crippen LogP contribution in [0.15, 0.2) is 66.9 Å². The third-order valence-electron chi connectivity index (χ3n) is 5.59. The lowest BCUT2D eigenvalue weighted by Gasteiger charge is -2.31. The molecule has 30 heavy (non-hydrogen) atoms. The number of para-hydroxylation sites is 1. The van der Waals surface area contributed by atoms with E-state index < -0.39 is 0 Å². The number of morpholine rings is 1. The van der Waals surface area contributed by atoms with Gasteiger partial charge in [0.05, 0.1) is 19.3 Å². The number of hydrogen-bond acceptors (Lipinski definition) is 3. The third kappa shape index (κ3) is 5.40. The Balaban J connectivity index is 1.27. The summed E-state index contributed by atoms with van der Waals surface area (Å²) >= 11 is 0. The number of fused-ring (bicyclic) bond motifs is 1. The van der Waals surface area contributed by atoms with E-state index >= 15 is 0 Å². The summed E-state index contributed by atoms with van der Waals surface area (Å²) in [6.07, 6.45) is 2.99. The Hall–Kier alpha value is -2.83. The van der Waals surface area contributed by atoms with Crippen molar-refractivity contribution >= 4 is 16.9 Å². The molecule has 0 spiro atoms. The highest BCUT2D eigenvalue weighted by Crippen LogP contribution is 2.16. The van der Waals surface area contributed by atoms with Crippen molar-refractivity contribution in [2.45, 2.75) is 19.0 Å². The van der Waals surface area contributed by atoms with Crippen molar-refractivity contribution in [3.63, 3.8) is 0 Å². The number of aromatic nitrogens is 1. The summed E-state index contributed by atoms with van der Waals surface area (Å²) in [4.78, 5) is 14.9. The first-order chi connectivity index (χ1) is 14.8. The lowest BCUT2D eigenvalue weighted by atomic mass is 10.1. The number of rotatable bonds is 8. The SMILES string of the molecule is O=C(NCCCn1ccc2ccccc21)NC(CN1CCOCC1)c1ccccc1. The van der Waals surface area contributed by atoms with E-state index in [-0.39, 0.29) is 12.1 Å². The molecule has 158 valence electrons. The summed E-state index contributed by atoms with van der Waals surface area (Å²) in [6, 6.07) is 20.5. The molecule has 6 heteroatoms. The first-order valence-electron chi connectivity index (χ1n) is 10.7. The van der Waals surface area contributed by atoms with E-state index in [0.29, 0.717) is 6.54 Å². The van der Waals surface area contributed by atoms with Crippen LogP contribution >= 0.6 is 0 Å². The zero-order chi connectivity index (χ0) is 20.6. The first-order valence-corrected chi connectivity index (χ1v) is 10.7. The second-order valence-electron chi connectivity index (χ2n) is 7.70. The minimum absolute atomic E-state index is 0.0438. The van der Waals surface area contributed by atoms with Crippen LogP contribution < -0.4 is 10.6 Å². The molecule has 1 aliphatic heterocycles. The highest BCUT2D eigenvalue weighted by atomic mass is 16.5. The molecule has 0 saturated carbocycles. The van der Waals surface area contributed by atoms with E-state index in [4.69, 9.17) is 4.74 Å². The molecule has 2 N–H and O–H groups in total. The maximum absolute atomic E-state index is 12.6. The second kappa shape index (κ2) is 10.3. The second-order valence-corrected chi connectivity index (χ2v) is 7.70. The van der Waals surface area contributed by atoms with Crippen molar-refractivity contribution in [1.29, 1.82) is 0 Å². The number of ether oxygens (including phenoxy) is 1. The van der Waals surface area contributed by atoms with Gasteiger partial charge in [-0.15, -0.1) is 0 Å². The van der Waals surface area contributed by atoms with Crippen molar-refractivity contribution in [3.05, 3.63) is 72.4 Å². The lowest BCUT2D eigenvalue weighted by molar-refractivity contribution is 0.0340. The van der Waals surface area contributed by atoms with Crippen molar-refractivity contribution < 1.29 is 9.53 Å². The Kier molecular flexibility index (Phi) is 7.00. The predicted molar refractivity (Wildman–Crippen MR) is 120 cm³/mol. The molecule has 1 saturated heterocycles. The number of amides is 2. The van der Waals surface area contributed by atoms with Crippen molar-refractivity contribution in [2.75, 3.05) is 39.4 Å². The van der Waals surface area contributed by atoms with Gasteiger partial charge in [0.25, 0.3) is 0 Å². The van der Waals surface area contributed by atoms with Crippen LogP contribution in [0.1, 0.15) is 18.0 Å². The van der Waals surface area contributed by atoms with E-state index in [9.17, 15) is 4.79 Å². The Morgan fingerprint density at radius 1 is 1.00 bits per heavy atom. The van der Waals surface area contributed by atoms with Gasteiger partial charge < -0.3 is 19.9 Å². The topological polar surface area (TPSA) is 58.5 Å². The molecule has 1 atom stereocenters. The zero-order valence-corrected chi connectivity index (χ0v) is 17.3. The minimum atomic E-state index is -0.116. The molecule has 1 aliphatic rings. The van der Waals surface area contributed by atoms with E-state index in [0.717, 1.165) is 51.4 Å². The Labute approximate surface area is 177 Å². The van der Waals surface area contributed by atoms with E-state index in [1.807, 2.05) is 18.2 Å². The number of aryl methyl sites for hydroxylation is 1. The highest BCUT2D eigenvalue weighted by Gasteiger charge is 2.19. The predicted octanol–water partition coefficient (Wildman–Crippen LogP) is 3.40. The Morgan fingerprint density at radius 3 is 2.60 bits per heavy atom. The molecular weight excluding hydrogens is 376 g/mol. The summed E-state index contributed by atoms with van der Waals surface area (Å²) in [5.41, 5.74) is 2.36. The number of carbonyl (C=O) groups is 1. The van der Waals surface area contributed by atoms with Crippen LogP contribution in [0.5, 0.6) is 0 Å². The van der Waals surface area contributed by atoms with Crippen molar-refractivity contribution in [1.82, 2.24) is 20.1 Å². The number of benzene rings is 2. The van der Waals surface area contributed by atoms with Gasteiger partial charge in [-0.2, -0.15) is 0 Å².